The summed E-state index contributed by atoms with van der Waals surface area (Å²) < 4.78 is 0. The fourth-order valence-corrected chi connectivity index (χ4v) is 2.62. The molecule has 0 aliphatic heterocycles. The van der Waals surface area contributed by atoms with Crippen LogP contribution >= 0.6 is 0 Å². The van der Waals surface area contributed by atoms with E-state index in [1.165, 1.54) is 11.1 Å². The first-order valence-corrected chi connectivity index (χ1v) is 6.20. The van der Waals surface area contributed by atoms with Crippen LogP contribution in [-0.2, 0) is 12.8 Å². The molecule has 2 nitrogen and oxygen atoms in total. The maximum absolute atomic E-state index is 12.2. The first-order chi connectivity index (χ1) is 8.74. The quantitative estimate of drug-likeness (QED) is 0.816. The van der Waals surface area contributed by atoms with Gasteiger partial charge >= 0.3 is 0 Å². The second kappa shape index (κ2) is 4.30. The van der Waals surface area contributed by atoms with E-state index >= 15 is 0 Å². The third kappa shape index (κ3) is 1.90. The van der Waals surface area contributed by atoms with Crippen molar-refractivity contribution in [2.45, 2.75) is 12.8 Å². The van der Waals surface area contributed by atoms with Gasteiger partial charge in [-0.1, -0.05) is 36.4 Å². The lowest BCUT2D eigenvalue weighted by atomic mass is 9.96. The van der Waals surface area contributed by atoms with Crippen molar-refractivity contribution in [3.8, 4) is 0 Å². The molecule has 2 N–H and O–H groups in total. The molecule has 2 aromatic rings. The van der Waals surface area contributed by atoms with E-state index in [-0.39, 0.29) is 11.7 Å². The van der Waals surface area contributed by atoms with E-state index < -0.39 is 0 Å². The standard InChI is InChI=1S/C16H15NO/c17-14-7-5-11(6-8-14)9-13-10-12-3-1-2-4-15(12)16(13)18/h1-8,13H,9-10,17H2. The van der Waals surface area contributed by atoms with Gasteiger partial charge in [0, 0.05) is 17.2 Å². The van der Waals surface area contributed by atoms with Crippen LogP contribution in [0.5, 0.6) is 0 Å². The van der Waals surface area contributed by atoms with Crippen molar-refractivity contribution in [2.24, 2.45) is 5.92 Å². The van der Waals surface area contributed by atoms with E-state index in [0.717, 1.165) is 24.1 Å². The fraction of sp³-hybridized carbons (Fsp3) is 0.188. The molecule has 0 spiro atoms. The average molecular weight is 237 g/mol. The third-order valence-electron chi connectivity index (χ3n) is 3.58. The Kier molecular flexibility index (Phi) is 2.63. The summed E-state index contributed by atoms with van der Waals surface area (Å²) in [6.07, 6.45) is 1.66. The minimum absolute atomic E-state index is 0.0889. The van der Waals surface area contributed by atoms with Crippen LogP contribution in [0.4, 0.5) is 5.69 Å². The van der Waals surface area contributed by atoms with E-state index in [1.807, 2.05) is 42.5 Å². The zero-order valence-corrected chi connectivity index (χ0v) is 10.1. The number of benzene rings is 2. The van der Waals surface area contributed by atoms with Crippen LogP contribution in [0.1, 0.15) is 21.5 Å². The number of hydrogen-bond acceptors (Lipinski definition) is 2. The maximum atomic E-state index is 12.2. The second-order valence-corrected chi connectivity index (χ2v) is 4.87. The molecule has 0 amide bonds. The Morgan fingerprint density at radius 2 is 1.78 bits per heavy atom. The number of nitrogens with two attached hydrogens (primary N) is 1. The first kappa shape index (κ1) is 11.0. The summed E-state index contributed by atoms with van der Waals surface area (Å²) in [6.45, 7) is 0. The van der Waals surface area contributed by atoms with Crippen LogP contribution in [0, 0.1) is 5.92 Å². The molecule has 2 aromatic carbocycles. The molecule has 0 aromatic heterocycles. The van der Waals surface area contributed by atoms with Crippen LogP contribution in [0.2, 0.25) is 0 Å². The third-order valence-corrected chi connectivity index (χ3v) is 3.58. The number of ketones is 1. The summed E-state index contributed by atoms with van der Waals surface area (Å²) in [5.74, 6) is 0.369. The summed E-state index contributed by atoms with van der Waals surface area (Å²) in [6, 6.07) is 15.7. The van der Waals surface area contributed by atoms with Crippen molar-refractivity contribution in [1.29, 1.82) is 0 Å². The lowest BCUT2D eigenvalue weighted by Crippen LogP contribution is -2.12. The molecule has 1 aliphatic rings. The molecule has 0 saturated heterocycles. The molecule has 1 atom stereocenters. The van der Waals surface area contributed by atoms with Crippen molar-refractivity contribution >= 4 is 11.5 Å². The number of carbonyl (C=O) groups is 1. The van der Waals surface area contributed by atoms with Gasteiger partial charge in [-0.15, -0.1) is 0 Å². The largest absolute Gasteiger partial charge is 0.399 e. The number of nitrogen functional groups attached to an aromatic ring is 1. The van der Waals surface area contributed by atoms with Gasteiger partial charge in [-0.05, 0) is 36.1 Å². The first-order valence-electron chi connectivity index (χ1n) is 6.20. The lowest BCUT2D eigenvalue weighted by molar-refractivity contribution is 0.0936. The summed E-state index contributed by atoms with van der Waals surface area (Å²) in [5.41, 5.74) is 9.69. The normalized spacial score (nSPS) is 17.8. The van der Waals surface area contributed by atoms with E-state index in [4.69, 9.17) is 5.73 Å². The van der Waals surface area contributed by atoms with Gasteiger partial charge in [-0.25, -0.2) is 0 Å². The van der Waals surface area contributed by atoms with Gasteiger partial charge in [-0.3, -0.25) is 4.79 Å². The smallest absolute Gasteiger partial charge is 0.166 e. The minimum Gasteiger partial charge on any atom is -0.399 e. The number of Topliss-reactive ketones (excluding diaryl/α,β-unsaturated/α-hetero) is 1. The Balaban J connectivity index is 1.81. The van der Waals surface area contributed by atoms with Gasteiger partial charge in [0.2, 0.25) is 0 Å². The van der Waals surface area contributed by atoms with E-state index in [9.17, 15) is 4.79 Å². The van der Waals surface area contributed by atoms with Crippen LogP contribution in [-0.4, -0.2) is 5.78 Å². The highest BCUT2D eigenvalue weighted by Crippen LogP contribution is 2.29. The Labute approximate surface area is 106 Å². The molecular formula is C16H15NO. The fourth-order valence-electron chi connectivity index (χ4n) is 2.62. The topological polar surface area (TPSA) is 43.1 Å². The lowest BCUT2D eigenvalue weighted by Gasteiger charge is -2.08. The summed E-state index contributed by atoms with van der Waals surface area (Å²) in [5, 5.41) is 0. The average Bonchev–Trinajstić information content (AvgIpc) is 2.70. The number of rotatable bonds is 2. The number of carbonyl (C=O) groups excluding carboxylic acids is 1. The molecular weight excluding hydrogens is 222 g/mol. The van der Waals surface area contributed by atoms with Gasteiger partial charge in [0.1, 0.15) is 0 Å². The Morgan fingerprint density at radius 1 is 1.06 bits per heavy atom. The predicted octanol–water partition coefficient (Wildman–Crippen LogP) is 2.87. The Morgan fingerprint density at radius 3 is 2.50 bits per heavy atom. The van der Waals surface area contributed by atoms with E-state index in [2.05, 4.69) is 6.07 Å². The SMILES string of the molecule is Nc1ccc(CC2Cc3ccccc3C2=O)cc1. The second-order valence-electron chi connectivity index (χ2n) is 4.87. The molecule has 0 saturated carbocycles. The molecule has 1 aliphatic carbocycles. The molecule has 1 unspecified atom stereocenters. The Hall–Kier alpha value is -2.09. The summed E-state index contributed by atoms with van der Waals surface area (Å²) >= 11 is 0. The van der Waals surface area contributed by atoms with E-state index in [0.29, 0.717) is 0 Å². The molecule has 18 heavy (non-hydrogen) atoms. The van der Waals surface area contributed by atoms with Crippen molar-refractivity contribution in [3.05, 3.63) is 65.2 Å². The van der Waals surface area contributed by atoms with Gasteiger partial charge in [0.05, 0.1) is 0 Å². The maximum Gasteiger partial charge on any atom is 0.166 e. The van der Waals surface area contributed by atoms with E-state index in [1.54, 1.807) is 0 Å². The minimum atomic E-state index is 0.0889. The molecule has 0 fully saturated rings. The van der Waals surface area contributed by atoms with Crippen molar-refractivity contribution < 1.29 is 4.79 Å². The van der Waals surface area contributed by atoms with Gasteiger partial charge in [-0.2, -0.15) is 0 Å². The molecule has 0 heterocycles. The van der Waals surface area contributed by atoms with Gasteiger partial charge < -0.3 is 5.73 Å². The highest BCUT2D eigenvalue weighted by molar-refractivity contribution is 6.02. The molecule has 2 heteroatoms. The molecule has 90 valence electrons. The monoisotopic (exact) mass is 237 g/mol. The molecule has 0 radical (unpaired) electrons. The zero-order chi connectivity index (χ0) is 12.5. The number of fused-ring (bicyclic) bond motifs is 1. The number of anilines is 1. The highest BCUT2D eigenvalue weighted by atomic mass is 16.1. The van der Waals surface area contributed by atoms with Crippen molar-refractivity contribution in [3.63, 3.8) is 0 Å². The predicted molar refractivity (Wildman–Crippen MR) is 72.5 cm³/mol. The summed E-state index contributed by atoms with van der Waals surface area (Å²) in [4.78, 5) is 12.2. The summed E-state index contributed by atoms with van der Waals surface area (Å²) in [7, 11) is 0. The van der Waals surface area contributed by atoms with Crippen LogP contribution in [0.25, 0.3) is 0 Å². The van der Waals surface area contributed by atoms with Crippen LogP contribution in [0.15, 0.2) is 48.5 Å². The van der Waals surface area contributed by atoms with Gasteiger partial charge in [0.15, 0.2) is 5.78 Å². The molecule has 0 bridgehead atoms. The number of hydrogen-bond donors (Lipinski definition) is 1. The van der Waals surface area contributed by atoms with Crippen LogP contribution in [0.3, 0.4) is 0 Å². The molecule has 3 rings (SSSR count). The zero-order valence-electron chi connectivity index (χ0n) is 10.1. The Bertz CT molecular complexity index is 586. The highest BCUT2D eigenvalue weighted by Gasteiger charge is 2.29. The van der Waals surface area contributed by atoms with Crippen molar-refractivity contribution in [2.75, 3.05) is 5.73 Å². The van der Waals surface area contributed by atoms with Crippen molar-refractivity contribution in [1.82, 2.24) is 0 Å². The van der Waals surface area contributed by atoms with Gasteiger partial charge in [0.25, 0.3) is 0 Å². The van der Waals surface area contributed by atoms with Crippen LogP contribution < -0.4 is 5.73 Å².